The largest absolute Gasteiger partial charge is 0.356 e. The third-order valence-electron chi connectivity index (χ3n) is 5.49. The van der Waals surface area contributed by atoms with Crippen LogP contribution in [-0.4, -0.2) is 0 Å². The molecule has 5 aromatic rings. The molecule has 0 heterocycles. The normalized spacial score (nSPS) is 10.1. The Morgan fingerprint density at radius 1 is 0.303 bits per heavy atom. The molecule has 1 heteroatoms. The minimum Gasteiger partial charge on any atom is -0.356 e. The number of benzene rings is 5. The van der Waals surface area contributed by atoms with Gasteiger partial charge in [-0.25, -0.2) is 0 Å². The van der Waals surface area contributed by atoms with E-state index in [2.05, 4.69) is 127 Å². The number of anilines is 2. The maximum Gasteiger partial charge on any atom is 0.0384 e. The van der Waals surface area contributed by atoms with Gasteiger partial charge in [-0.15, -0.1) is 0 Å². The number of hydrogen-bond donors (Lipinski definition) is 1. The maximum absolute atomic E-state index is 3.49. The fraction of sp³-hybridized carbons (Fsp3) is 0.0625. The SMILES string of the molecule is CC.c1ccc(-c2ccc(Nc3ccc(-c4ccc(-c5ccccc5)cc4)cc3)cc2)cc1. The average molecular weight is 428 g/mol. The highest BCUT2D eigenvalue weighted by molar-refractivity contribution is 5.73. The Kier molecular flexibility index (Phi) is 7.35. The fourth-order valence-electron chi connectivity index (χ4n) is 3.78. The Balaban J connectivity index is 0.00000126. The van der Waals surface area contributed by atoms with Crippen LogP contribution >= 0.6 is 0 Å². The van der Waals surface area contributed by atoms with Crippen LogP contribution in [0.1, 0.15) is 13.8 Å². The van der Waals surface area contributed by atoms with Crippen molar-refractivity contribution in [3.63, 3.8) is 0 Å². The minimum atomic E-state index is 1.08. The van der Waals surface area contributed by atoms with Crippen LogP contribution in [0.4, 0.5) is 11.4 Å². The predicted molar refractivity (Wildman–Crippen MR) is 144 cm³/mol. The Morgan fingerprint density at radius 3 is 0.848 bits per heavy atom. The van der Waals surface area contributed by atoms with Gasteiger partial charge in [0, 0.05) is 11.4 Å². The lowest BCUT2D eigenvalue weighted by Gasteiger charge is -2.10. The molecule has 0 bridgehead atoms. The van der Waals surface area contributed by atoms with Gasteiger partial charge < -0.3 is 5.32 Å². The third kappa shape index (κ3) is 5.58. The molecule has 0 amide bonds. The second-order valence-corrected chi connectivity index (χ2v) is 7.59. The molecule has 5 aromatic carbocycles. The van der Waals surface area contributed by atoms with Crippen LogP contribution in [0, 0.1) is 0 Å². The molecular formula is C32H29N. The van der Waals surface area contributed by atoms with Crippen molar-refractivity contribution in [2.75, 3.05) is 5.32 Å². The quantitative estimate of drug-likeness (QED) is 0.294. The van der Waals surface area contributed by atoms with Gasteiger partial charge in [-0.1, -0.05) is 123 Å². The van der Waals surface area contributed by atoms with Crippen molar-refractivity contribution >= 4 is 11.4 Å². The van der Waals surface area contributed by atoms with Gasteiger partial charge >= 0.3 is 0 Å². The zero-order valence-corrected chi connectivity index (χ0v) is 19.2. The van der Waals surface area contributed by atoms with E-state index in [0.717, 1.165) is 11.4 Å². The van der Waals surface area contributed by atoms with Gasteiger partial charge in [0.1, 0.15) is 0 Å². The molecule has 0 unspecified atom stereocenters. The van der Waals surface area contributed by atoms with Gasteiger partial charge in [0.05, 0.1) is 0 Å². The van der Waals surface area contributed by atoms with Gasteiger partial charge in [0.15, 0.2) is 0 Å². The molecule has 5 rings (SSSR count). The Bertz CT molecular complexity index is 1240. The van der Waals surface area contributed by atoms with Crippen molar-refractivity contribution < 1.29 is 0 Å². The number of hydrogen-bond acceptors (Lipinski definition) is 1. The van der Waals surface area contributed by atoms with E-state index < -0.39 is 0 Å². The van der Waals surface area contributed by atoms with E-state index >= 15 is 0 Å². The van der Waals surface area contributed by atoms with E-state index in [4.69, 9.17) is 0 Å². The van der Waals surface area contributed by atoms with Crippen LogP contribution in [0.3, 0.4) is 0 Å². The predicted octanol–water partition coefficient (Wildman–Crippen LogP) is 9.46. The monoisotopic (exact) mass is 427 g/mol. The van der Waals surface area contributed by atoms with Crippen molar-refractivity contribution in [3.05, 3.63) is 133 Å². The van der Waals surface area contributed by atoms with Crippen LogP contribution in [0.15, 0.2) is 133 Å². The molecule has 0 spiro atoms. The van der Waals surface area contributed by atoms with E-state index in [1.54, 1.807) is 0 Å². The number of nitrogens with one attached hydrogen (secondary N) is 1. The molecule has 0 aromatic heterocycles. The lowest BCUT2D eigenvalue weighted by molar-refractivity contribution is 1.50. The molecule has 0 atom stereocenters. The average Bonchev–Trinajstić information content (AvgIpc) is 2.92. The lowest BCUT2D eigenvalue weighted by Crippen LogP contribution is -1.90. The van der Waals surface area contributed by atoms with Crippen molar-refractivity contribution in [1.82, 2.24) is 0 Å². The zero-order valence-electron chi connectivity index (χ0n) is 19.2. The summed E-state index contributed by atoms with van der Waals surface area (Å²) in [4.78, 5) is 0. The smallest absolute Gasteiger partial charge is 0.0384 e. The second-order valence-electron chi connectivity index (χ2n) is 7.59. The zero-order chi connectivity index (χ0) is 22.9. The van der Waals surface area contributed by atoms with Crippen LogP contribution in [0.2, 0.25) is 0 Å². The highest BCUT2D eigenvalue weighted by Crippen LogP contribution is 2.27. The highest BCUT2D eigenvalue weighted by atomic mass is 14.9. The first-order valence-corrected chi connectivity index (χ1v) is 11.5. The van der Waals surface area contributed by atoms with Crippen LogP contribution in [0.5, 0.6) is 0 Å². The van der Waals surface area contributed by atoms with Gasteiger partial charge in [0.25, 0.3) is 0 Å². The summed E-state index contributed by atoms with van der Waals surface area (Å²) in [7, 11) is 0. The maximum atomic E-state index is 3.49. The van der Waals surface area contributed by atoms with Crippen molar-refractivity contribution in [1.29, 1.82) is 0 Å². The summed E-state index contributed by atoms with van der Waals surface area (Å²) in [6.45, 7) is 4.00. The van der Waals surface area contributed by atoms with E-state index in [0.29, 0.717) is 0 Å². The molecule has 1 N–H and O–H groups in total. The van der Waals surface area contributed by atoms with Crippen molar-refractivity contribution in [2.24, 2.45) is 0 Å². The summed E-state index contributed by atoms with van der Waals surface area (Å²) in [6.07, 6.45) is 0. The summed E-state index contributed by atoms with van der Waals surface area (Å²) >= 11 is 0. The third-order valence-corrected chi connectivity index (χ3v) is 5.49. The second kappa shape index (κ2) is 11.0. The van der Waals surface area contributed by atoms with E-state index in [1.807, 2.05) is 26.0 Å². The van der Waals surface area contributed by atoms with Crippen LogP contribution < -0.4 is 5.32 Å². The highest BCUT2D eigenvalue weighted by Gasteiger charge is 2.02. The summed E-state index contributed by atoms with van der Waals surface area (Å²) in [6, 6.07) is 46.8. The molecular weight excluding hydrogens is 398 g/mol. The van der Waals surface area contributed by atoms with Crippen molar-refractivity contribution in [2.45, 2.75) is 13.8 Å². The summed E-state index contributed by atoms with van der Waals surface area (Å²) in [5.41, 5.74) is 9.53. The summed E-state index contributed by atoms with van der Waals surface area (Å²) in [5, 5.41) is 3.49. The first-order chi connectivity index (χ1) is 16.3. The molecule has 33 heavy (non-hydrogen) atoms. The summed E-state index contributed by atoms with van der Waals surface area (Å²) < 4.78 is 0. The fourth-order valence-corrected chi connectivity index (χ4v) is 3.78. The van der Waals surface area contributed by atoms with Crippen molar-refractivity contribution in [3.8, 4) is 33.4 Å². The molecule has 162 valence electrons. The van der Waals surface area contributed by atoms with E-state index in [9.17, 15) is 0 Å². The summed E-state index contributed by atoms with van der Waals surface area (Å²) in [5.74, 6) is 0. The molecule has 0 aliphatic rings. The molecule has 0 radical (unpaired) electrons. The standard InChI is InChI=1S/C30H23N.C2H6/c1-3-7-23(8-4-1)25-11-13-26(14-12-25)28-17-21-30(22-18-28)31-29-19-15-27(16-20-29)24-9-5-2-6-10-24;1-2/h1-22,31H;1-2H3. The van der Waals surface area contributed by atoms with E-state index in [1.165, 1.54) is 33.4 Å². The first-order valence-electron chi connectivity index (χ1n) is 11.5. The molecule has 0 fully saturated rings. The number of rotatable bonds is 5. The molecule has 0 saturated carbocycles. The first kappa shape index (κ1) is 22.1. The minimum absolute atomic E-state index is 1.08. The molecule has 0 saturated heterocycles. The van der Waals surface area contributed by atoms with Gasteiger partial charge in [-0.3, -0.25) is 0 Å². The Hall–Kier alpha value is -4.10. The van der Waals surface area contributed by atoms with Gasteiger partial charge in [-0.2, -0.15) is 0 Å². The Labute approximate surface area is 197 Å². The van der Waals surface area contributed by atoms with Crippen LogP contribution in [-0.2, 0) is 0 Å². The molecule has 0 aliphatic heterocycles. The topological polar surface area (TPSA) is 12.0 Å². The van der Waals surface area contributed by atoms with Gasteiger partial charge in [0.2, 0.25) is 0 Å². The van der Waals surface area contributed by atoms with Crippen LogP contribution in [0.25, 0.3) is 33.4 Å². The molecule has 1 nitrogen and oxygen atoms in total. The molecule has 0 aliphatic carbocycles. The van der Waals surface area contributed by atoms with Gasteiger partial charge in [-0.05, 0) is 57.6 Å². The van der Waals surface area contributed by atoms with E-state index in [-0.39, 0.29) is 0 Å². The lowest BCUT2D eigenvalue weighted by atomic mass is 10.0. The Morgan fingerprint density at radius 2 is 0.545 bits per heavy atom.